The molecule has 172 valence electrons. The van der Waals surface area contributed by atoms with Gasteiger partial charge in [0.2, 0.25) is 0 Å². The van der Waals surface area contributed by atoms with E-state index in [0.717, 1.165) is 23.1 Å². The quantitative estimate of drug-likeness (QED) is 0.415. The van der Waals surface area contributed by atoms with Gasteiger partial charge in [-0.05, 0) is 16.7 Å². The van der Waals surface area contributed by atoms with Crippen LogP contribution in [0.4, 0.5) is 0 Å². The summed E-state index contributed by atoms with van der Waals surface area (Å²) in [7, 11) is 0. The van der Waals surface area contributed by atoms with Gasteiger partial charge in [-0.15, -0.1) is 0 Å². The van der Waals surface area contributed by atoms with Crippen molar-refractivity contribution in [3.8, 4) is 0 Å². The number of fused-ring (bicyclic) bond motifs is 1. The van der Waals surface area contributed by atoms with Crippen LogP contribution in [0.2, 0.25) is 0 Å². The van der Waals surface area contributed by atoms with Crippen molar-refractivity contribution in [2.24, 2.45) is 0 Å². The zero-order chi connectivity index (χ0) is 22.3. The van der Waals surface area contributed by atoms with Gasteiger partial charge in [-0.3, -0.25) is 0 Å². The molecule has 2 aliphatic rings. The van der Waals surface area contributed by atoms with E-state index in [1.165, 1.54) is 0 Å². The first-order valence-corrected chi connectivity index (χ1v) is 11.6. The van der Waals surface area contributed by atoms with E-state index in [1.807, 2.05) is 54.6 Å². The molecule has 0 bridgehead atoms. The summed E-state index contributed by atoms with van der Waals surface area (Å²) in [6, 6.07) is 30.6. The average Bonchev–Trinajstić information content (AvgIpc) is 3.62. The summed E-state index contributed by atoms with van der Waals surface area (Å²) < 4.78 is 30.9. The standard InChI is InChI=1S/C28H30O5/c1-4-10-21(11-5-1)17-29-20-26-27(31-19-23-14-8-3-9-15-23)24(16-25-28(32-25)33-26)30-18-22-12-6-2-7-13-22/h1-15,24-28H,16-20H2/t24-,25-,26-,27+,28-/m1/s1. The molecule has 0 aromatic heterocycles. The zero-order valence-electron chi connectivity index (χ0n) is 18.6. The van der Waals surface area contributed by atoms with E-state index in [4.69, 9.17) is 23.7 Å². The van der Waals surface area contributed by atoms with Crippen molar-refractivity contribution in [1.29, 1.82) is 0 Å². The first kappa shape index (κ1) is 22.3. The molecule has 0 radical (unpaired) electrons. The number of ether oxygens (including phenoxy) is 5. The Morgan fingerprint density at radius 1 is 0.636 bits per heavy atom. The summed E-state index contributed by atoms with van der Waals surface area (Å²) in [5, 5.41) is 0. The molecular formula is C28H30O5. The first-order valence-electron chi connectivity index (χ1n) is 11.6. The Morgan fingerprint density at radius 2 is 1.18 bits per heavy atom. The van der Waals surface area contributed by atoms with Gasteiger partial charge in [0.1, 0.15) is 18.3 Å². The highest BCUT2D eigenvalue weighted by Gasteiger charge is 2.51. The van der Waals surface area contributed by atoms with Gasteiger partial charge in [-0.25, -0.2) is 0 Å². The lowest BCUT2D eigenvalue weighted by Crippen LogP contribution is -2.44. The van der Waals surface area contributed by atoms with E-state index in [1.54, 1.807) is 0 Å². The third-order valence-corrected chi connectivity index (χ3v) is 6.03. The predicted octanol–water partition coefficient (Wildman–Crippen LogP) is 4.89. The zero-order valence-corrected chi connectivity index (χ0v) is 18.6. The summed E-state index contributed by atoms with van der Waals surface area (Å²) in [6.07, 6.45) is -0.115. The molecule has 0 amide bonds. The maximum Gasteiger partial charge on any atom is 0.185 e. The van der Waals surface area contributed by atoms with Crippen LogP contribution < -0.4 is 0 Å². The van der Waals surface area contributed by atoms with Crippen molar-refractivity contribution < 1.29 is 23.7 Å². The van der Waals surface area contributed by atoms with E-state index in [9.17, 15) is 0 Å². The molecule has 0 spiro atoms. The van der Waals surface area contributed by atoms with Gasteiger partial charge < -0.3 is 23.7 Å². The lowest BCUT2D eigenvalue weighted by atomic mass is 10.0. The van der Waals surface area contributed by atoms with Crippen molar-refractivity contribution in [3.63, 3.8) is 0 Å². The normalized spacial score (nSPS) is 26.4. The molecule has 0 N–H and O–H groups in total. The highest BCUT2D eigenvalue weighted by molar-refractivity contribution is 5.15. The third-order valence-electron chi connectivity index (χ3n) is 6.03. The van der Waals surface area contributed by atoms with Crippen LogP contribution in [0.15, 0.2) is 91.0 Å². The monoisotopic (exact) mass is 446 g/mol. The summed E-state index contributed by atoms with van der Waals surface area (Å²) in [4.78, 5) is 0. The maximum atomic E-state index is 6.45. The van der Waals surface area contributed by atoms with E-state index < -0.39 is 0 Å². The minimum Gasteiger partial charge on any atom is -0.374 e. The first-order chi connectivity index (χ1) is 16.3. The summed E-state index contributed by atoms with van der Waals surface area (Å²) in [6.45, 7) is 1.94. The van der Waals surface area contributed by atoms with Crippen LogP contribution in [-0.4, -0.2) is 37.3 Å². The molecule has 5 rings (SSSR count). The second-order valence-corrected chi connectivity index (χ2v) is 8.55. The van der Waals surface area contributed by atoms with Crippen molar-refractivity contribution in [3.05, 3.63) is 108 Å². The van der Waals surface area contributed by atoms with Gasteiger partial charge >= 0.3 is 0 Å². The number of epoxide rings is 1. The Kier molecular flexibility index (Phi) is 7.46. The second kappa shape index (κ2) is 11.1. The van der Waals surface area contributed by atoms with Crippen LogP contribution in [-0.2, 0) is 43.5 Å². The second-order valence-electron chi connectivity index (χ2n) is 8.55. The molecule has 2 heterocycles. The van der Waals surface area contributed by atoms with Gasteiger partial charge in [0, 0.05) is 6.42 Å². The molecule has 5 atom stereocenters. The molecule has 3 aromatic carbocycles. The molecular weight excluding hydrogens is 416 g/mol. The number of hydrogen-bond donors (Lipinski definition) is 0. The fraction of sp³-hybridized carbons (Fsp3) is 0.357. The SMILES string of the molecule is c1ccc(COC[C@H]2O[C@H]3O[C@@H]3C[C@@H](OCc3ccccc3)[C@@H]2OCc2ccccc2)cc1. The van der Waals surface area contributed by atoms with Crippen molar-refractivity contribution in [2.75, 3.05) is 6.61 Å². The van der Waals surface area contributed by atoms with Crippen LogP contribution in [0.5, 0.6) is 0 Å². The number of benzene rings is 3. The van der Waals surface area contributed by atoms with Crippen molar-refractivity contribution in [2.45, 2.75) is 56.9 Å². The average molecular weight is 447 g/mol. The molecule has 2 saturated heterocycles. The molecule has 3 aromatic rings. The topological polar surface area (TPSA) is 49.5 Å². The highest BCUT2D eigenvalue weighted by Crippen LogP contribution is 2.37. The molecule has 33 heavy (non-hydrogen) atoms. The largest absolute Gasteiger partial charge is 0.374 e. The maximum absolute atomic E-state index is 6.45. The van der Waals surface area contributed by atoms with Crippen LogP contribution in [0.1, 0.15) is 23.1 Å². The molecule has 0 aliphatic carbocycles. The molecule has 5 heteroatoms. The van der Waals surface area contributed by atoms with Gasteiger partial charge in [-0.1, -0.05) is 91.0 Å². The van der Waals surface area contributed by atoms with Gasteiger partial charge in [-0.2, -0.15) is 0 Å². The van der Waals surface area contributed by atoms with E-state index in [2.05, 4.69) is 36.4 Å². The van der Waals surface area contributed by atoms with Crippen LogP contribution >= 0.6 is 0 Å². The van der Waals surface area contributed by atoms with Crippen LogP contribution in [0, 0.1) is 0 Å². The molecule has 2 fully saturated rings. The Labute approximate surface area is 195 Å². The summed E-state index contributed by atoms with van der Waals surface area (Å²) in [5.74, 6) is 0. The number of rotatable bonds is 10. The lowest BCUT2D eigenvalue weighted by molar-refractivity contribution is -0.174. The van der Waals surface area contributed by atoms with Gasteiger partial charge in [0.25, 0.3) is 0 Å². The fourth-order valence-corrected chi connectivity index (χ4v) is 4.19. The molecule has 0 saturated carbocycles. The molecule has 5 nitrogen and oxygen atoms in total. The predicted molar refractivity (Wildman–Crippen MR) is 124 cm³/mol. The molecule has 0 unspecified atom stereocenters. The fourth-order valence-electron chi connectivity index (χ4n) is 4.19. The lowest BCUT2D eigenvalue weighted by Gasteiger charge is -2.32. The Morgan fingerprint density at radius 3 is 1.79 bits per heavy atom. The van der Waals surface area contributed by atoms with E-state index in [0.29, 0.717) is 26.4 Å². The minimum atomic E-state index is -0.282. The van der Waals surface area contributed by atoms with Crippen LogP contribution in [0.25, 0.3) is 0 Å². The van der Waals surface area contributed by atoms with E-state index in [-0.39, 0.29) is 30.7 Å². The van der Waals surface area contributed by atoms with Crippen LogP contribution in [0.3, 0.4) is 0 Å². The summed E-state index contributed by atoms with van der Waals surface area (Å²) in [5.41, 5.74) is 3.38. The Hall–Kier alpha value is -2.54. The van der Waals surface area contributed by atoms with Crippen molar-refractivity contribution >= 4 is 0 Å². The van der Waals surface area contributed by atoms with Crippen molar-refractivity contribution in [1.82, 2.24) is 0 Å². The van der Waals surface area contributed by atoms with Gasteiger partial charge in [0.15, 0.2) is 6.29 Å². The summed E-state index contributed by atoms with van der Waals surface area (Å²) >= 11 is 0. The van der Waals surface area contributed by atoms with Gasteiger partial charge in [0.05, 0.1) is 32.5 Å². The smallest absolute Gasteiger partial charge is 0.185 e. The number of hydrogen-bond acceptors (Lipinski definition) is 5. The Balaban J connectivity index is 1.28. The highest BCUT2D eigenvalue weighted by atomic mass is 16.8. The minimum absolute atomic E-state index is 0.0488. The third kappa shape index (κ3) is 6.28. The Bertz CT molecular complexity index is 965. The molecule has 2 aliphatic heterocycles. The van der Waals surface area contributed by atoms with E-state index >= 15 is 0 Å².